The largest absolute Gasteiger partial charge is 0.453 e. The maximum Gasteiger partial charge on any atom is 0.407 e. The summed E-state index contributed by atoms with van der Waals surface area (Å²) in [5.74, 6) is -0.158. The van der Waals surface area contributed by atoms with Crippen LogP contribution in [0.2, 0.25) is 0 Å². The van der Waals surface area contributed by atoms with Gasteiger partial charge in [0.2, 0.25) is 11.8 Å². The molecule has 0 spiro atoms. The van der Waals surface area contributed by atoms with Gasteiger partial charge >= 0.3 is 12.2 Å². The molecule has 17 nitrogen and oxygen atoms in total. The first-order chi connectivity index (χ1) is 28.5. The quantitative estimate of drug-likeness (QED) is 0.106. The molecular formula is C41H52N8O9S2. The number of thioether (sulfide) groups is 1. The maximum absolute atomic E-state index is 13.8. The molecule has 60 heavy (non-hydrogen) atoms. The molecule has 4 heterocycles. The summed E-state index contributed by atoms with van der Waals surface area (Å²) in [5, 5.41) is 4.22. The molecule has 0 saturated carbocycles. The molecule has 0 radical (unpaired) electrons. The van der Waals surface area contributed by atoms with E-state index in [1.165, 1.54) is 19.1 Å². The number of aromatic nitrogens is 4. The zero-order valence-corrected chi connectivity index (χ0v) is 36.2. The number of carbonyl (C=O) groups excluding carboxylic acids is 4. The molecule has 0 bridgehead atoms. The van der Waals surface area contributed by atoms with Crippen molar-refractivity contribution in [1.82, 2.24) is 40.4 Å². The average molecular weight is 865 g/mol. The minimum atomic E-state index is -4.48. The van der Waals surface area contributed by atoms with E-state index < -0.39 is 51.6 Å². The minimum absolute atomic E-state index is 0.0819. The predicted octanol–water partition coefficient (Wildman–Crippen LogP) is 5.43. The SMILES string of the molecule is COC(=O)N[C@H](C(=O)N1C[C@@H](SC)C[C@H]1c1ncc(-c2ccc(-c3ccc(-c4cnc([C@@H]5C[C@H](S(=O)(=O)O)CN5C(=O)[C@@H](NC(=O)OC)C(C)C)[nH]4)cc3)cc2)[nH]1)C(C)C. The lowest BCUT2D eigenvalue weighted by molar-refractivity contribution is -0.136. The summed E-state index contributed by atoms with van der Waals surface area (Å²) in [5.41, 5.74) is 5.10. The highest BCUT2D eigenvalue weighted by atomic mass is 32.2. The Bertz CT molecular complexity index is 2280. The maximum atomic E-state index is 13.8. The van der Waals surface area contributed by atoms with Crippen molar-refractivity contribution in [2.75, 3.05) is 33.6 Å². The predicted molar refractivity (Wildman–Crippen MR) is 226 cm³/mol. The van der Waals surface area contributed by atoms with Crippen LogP contribution in [-0.2, 0) is 29.2 Å². The lowest BCUT2D eigenvalue weighted by atomic mass is 10.0. The van der Waals surface area contributed by atoms with Gasteiger partial charge in [0.25, 0.3) is 10.1 Å². The first-order valence-electron chi connectivity index (χ1n) is 19.6. The van der Waals surface area contributed by atoms with Gasteiger partial charge in [-0.1, -0.05) is 76.2 Å². The fourth-order valence-electron chi connectivity index (χ4n) is 7.73. The fraction of sp³-hybridized carbons (Fsp3) is 0.463. The van der Waals surface area contributed by atoms with Crippen LogP contribution in [0.5, 0.6) is 0 Å². The van der Waals surface area contributed by atoms with Crippen molar-refractivity contribution in [3.05, 3.63) is 72.6 Å². The van der Waals surface area contributed by atoms with E-state index in [9.17, 15) is 32.1 Å². The van der Waals surface area contributed by atoms with Gasteiger partial charge in [0.05, 0.1) is 50.1 Å². The zero-order valence-electron chi connectivity index (χ0n) is 34.5. The minimum Gasteiger partial charge on any atom is -0.453 e. The number of nitrogens with zero attached hydrogens (tertiary/aromatic N) is 4. The van der Waals surface area contributed by atoms with Crippen LogP contribution in [-0.4, -0.2) is 123 Å². The smallest absolute Gasteiger partial charge is 0.407 e. The Morgan fingerprint density at radius 2 is 1.12 bits per heavy atom. The Labute approximate surface area is 353 Å². The first-order valence-corrected chi connectivity index (χ1v) is 22.4. The molecule has 322 valence electrons. The van der Waals surface area contributed by atoms with Crippen LogP contribution in [0.1, 0.15) is 64.3 Å². The van der Waals surface area contributed by atoms with Gasteiger partial charge in [0, 0.05) is 18.3 Å². The van der Waals surface area contributed by atoms with Gasteiger partial charge < -0.3 is 39.9 Å². The van der Waals surface area contributed by atoms with Crippen LogP contribution in [0.3, 0.4) is 0 Å². The Hall–Kier alpha value is -5.40. The van der Waals surface area contributed by atoms with Crippen molar-refractivity contribution in [1.29, 1.82) is 0 Å². The van der Waals surface area contributed by atoms with E-state index in [1.807, 2.05) is 68.6 Å². The molecule has 19 heteroatoms. The van der Waals surface area contributed by atoms with Gasteiger partial charge in [-0.05, 0) is 53.2 Å². The van der Waals surface area contributed by atoms with Crippen molar-refractivity contribution in [3.63, 3.8) is 0 Å². The third-order valence-corrected chi connectivity index (χ3v) is 13.4. The number of hydrogen-bond acceptors (Lipinski definition) is 11. The van der Waals surface area contributed by atoms with Crippen molar-refractivity contribution in [2.45, 2.75) is 75.2 Å². The molecule has 6 atom stereocenters. The molecule has 2 aliphatic heterocycles. The lowest BCUT2D eigenvalue weighted by Gasteiger charge is -2.30. The number of ether oxygens (including phenoxy) is 2. The molecule has 6 rings (SSSR count). The first kappa shape index (κ1) is 44.2. The second-order valence-electron chi connectivity index (χ2n) is 15.7. The van der Waals surface area contributed by atoms with Crippen LogP contribution >= 0.6 is 11.8 Å². The van der Waals surface area contributed by atoms with Gasteiger partial charge in [-0.15, -0.1) is 0 Å². The second kappa shape index (κ2) is 18.5. The van der Waals surface area contributed by atoms with E-state index >= 15 is 0 Å². The van der Waals surface area contributed by atoms with Crippen molar-refractivity contribution >= 4 is 45.9 Å². The standard InChI is InChI=1S/C41H52N8O9S2/c1-22(2)34(46-40(52)57-5)38(50)48-20-28(59-7)16-32(48)36-42-18-30(44-36)26-12-8-24(9-13-26)25-10-14-27(15-11-25)31-19-43-37(45-31)33-17-29(60(54,55)56)21-49(33)39(51)35(23(3)4)47-41(53)58-6/h8-15,18-19,22-23,28-29,32-35H,16-17,20-21H2,1-7H3,(H,42,44)(H,43,45)(H,46,52)(H,47,53)(H,54,55,56)/t28-,29-,32-,33-,34-,35-/m0/s1. The monoisotopic (exact) mass is 864 g/mol. The number of carbonyl (C=O) groups is 4. The van der Waals surface area contributed by atoms with Gasteiger partial charge in [-0.25, -0.2) is 19.6 Å². The van der Waals surface area contributed by atoms with Crippen molar-refractivity contribution in [3.8, 4) is 33.6 Å². The number of likely N-dealkylation sites (tertiary alicyclic amines) is 2. The number of methoxy groups -OCH3 is 2. The second-order valence-corrected chi connectivity index (χ2v) is 18.5. The van der Waals surface area contributed by atoms with E-state index in [0.29, 0.717) is 23.9 Å². The van der Waals surface area contributed by atoms with Crippen molar-refractivity contribution < 1.29 is 41.6 Å². The zero-order chi connectivity index (χ0) is 43.5. The summed E-state index contributed by atoms with van der Waals surface area (Å²) in [6, 6.07) is 13.0. The van der Waals surface area contributed by atoms with Crippen LogP contribution in [0.15, 0.2) is 60.9 Å². The molecule has 2 saturated heterocycles. The van der Waals surface area contributed by atoms with E-state index in [0.717, 1.165) is 34.4 Å². The molecule has 2 aromatic heterocycles. The summed E-state index contributed by atoms with van der Waals surface area (Å²) >= 11 is 1.70. The summed E-state index contributed by atoms with van der Waals surface area (Å²) in [4.78, 5) is 70.6. The Morgan fingerprint density at radius 1 is 0.717 bits per heavy atom. The number of H-pyrrole nitrogens is 2. The van der Waals surface area contributed by atoms with Gasteiger partial charge in [-0.2, -0.15) is 20.2 Å². The molecule has 4 aromatic rings. The third-order valence-electron chi connectivity index (χ3n) is 11.2. The molecule has 5 N–H and O–H groups in total. The highest BCUT2D eigenvalue weighted by Gasteiger charge is 2.46. The summed E-state index contributed by atoms with van der Waals surface area (Å²) < 4.78 is 43.8. The fourth-order valence-corrected chi connectivity index (χ4v) is 9.19. The normalized spacial score (nSPS) is 20.3. The summed E-state index contributed by atoms with van der Waals surface area (Å²) in [6.07, 6.45) is 4.60. The number of benzene rings is 2. The molecule has 2 aromatic carbocycles. The van der Waals surface area contributed by atoms with Crippen LogP contribution < -0.4 is 10.6 Å². The Kier molecular flexibility index (Phi) is 13.6. The van der Waals surface area contributed by atoms with Crippen LogP contribution in [0.25, 0.3) is 33.6 Å². The number of nitrogens with one attached hydrogen (secondary N) is 4. The Balaban J connectivity index is 1.16. The van der Waals surface area contributed by atoms with Gasteiger partial charge in [0.15, 0.2) is 0 Å². The molecular weight excluding hydrogens is 813 g/mol. The number of aromatic amines is 2. The van der Waals surface area contributed by atoms with Crippen LogP contribution in [0, 0.1) is 11.8 Å². The molecule has 2 aliphatic rings. The number of hydrogen-bond donors (Lipinski definition) is 5. The van der Waals surface area contributed by atoms with Crippen LogP contribution in [0.4, 0.5) is 9.59 Å². The number of imidazole rings is 2. The van der Waals surface area contributed by atoms with E-state index in [1.54, 1.807) is 42.9 Å². The van der Waals surface area contributed by atoms with E-state index in [4.69, 9.17) is 14.5 Å². The lowest BCUT2D eigenvalue weighted by Crippen LogP contribution is -2.51. The third kappa shape index (κ3) is 9.63. The molecule has 0 aliphatic carbocycles. The number of rotatable bonds is 13. The average Bonchev–Trinajstić information content (AvgIpc) is 4.07. The summed E-state index contributed by atoms with van der Waals surface area (Å²) in [7, 11) is -2.02. The summed E-state index contributed by atoms with van der Waals surface area (Å²) in [6.45, 7) is 7.53. The van der Waals surface area contributed by atoms with E-state index in [2.05, 4.69) is 25.6 Å². The molecule has 4 amide bonds. The number of amides is 4. The van der Waals surface area contributed by atoms with Gasteiger partial charge in [0.1, 0.15) is 29.0 Å². The molecule has 2 fully saturated rings. The van der Waals surface area contributed by atoms with Crippen molar-refractivity contribution in [2.24, 2.45) is 11.8 Å². The number of alkyl carbamates (subject to hydrolysis) is 2. The highest BCUT2D eigenvalue weighted by molar-refractivity contribution is 7.99. The topological polar surface area (TPSA) is 229 Å². The van der Waals surface area contributed by atoms with Gasteiger partial charge in [-0.3, -0.25) is 14.1 Å². The highest BCUT2D eigenvalue weighted by Crippen LogP contribution is 2.38. The van der Waals surface area contributed by atoms with E-state index in [-0.39, 0.29) is 42.0 Å². The molecule has 0 unspecified atom stereocenters. The Morgan fingerprint density at radius 3 is 1.50 bits per heavy atom.